The van der Waals surface area contributed by atoms with Crippen LogP contribution in [-0.2, 0) is 16.8 Å². The van der Waals surface area contributed by atoms with Crippen molar-refractivity contribution in [3.8, 4) is 0 Å². The zero-order chi connectivity index (χ0) is 14.1. The second kappa shape index (κ2) is 5.45. The molecule has 2 N–H and O–H groups in total. The molecule has 112 valence electrons. The molecule has 2 aliphatic rings. The van der Waals surface area contributed by atoms with Gasteiger partial charge in [-0.15, -0.1) is 0 Å². The predicted octanol–water partition coefficient (Wildman–Crippen LogP) is 2.69. The molecule has 0 saturated heterocycles. The highest BCUT2D eigenvalue weighted by Crippen LogP contribution is 2.40. The number of hydrogen-bond donors (Lipinski definition) is 1. The molecule has 5 heteroatoms. The summed E-state index contributed by atoms with van der Waals surface area (Å²) in [5.74, 6) is 1.39. The molecule has 0 amide bonds. The standard InChI is InChI=1S/C15H25N3O2/c1-19-15(9-5-6-10-15)13-17-12(20-18-13)11-14(16)7-3-2-4-8-14/h2-11,16H2,1H3. The average molecular weight is 279 g/mol. The van der Waals surface area contributed by atoms with Crippen LogP contribution >= 0.6 is 0 Å². The van der Waals surface area contributed by atoms with Crippen LogP contribution in [-0.4, -0.2) is 22.8 Å². The molecule has 0 aromatic carbocycles. The second-order valence-electron chi connectivity index (χ2n) is 6.52. The van der Waals surface area contributed by atoms with Gasteiger partial charge in [-0.25, -0.2) is 0 Å². The van der Waals surface area contributed by atoms with E-state index >= 15 is 0 Å². The SMILES string of the molecule is COC1(c2noc(CC3(N)CCCCC3)n2)CCCC1. The Kier molecular flexibility index (Phi) is 3.82. The van der Waals surface area contributed by atoms with Gasteiger partial charge in [-0.3, -0.25) is 0 Å². The van der Waals surface area contributed by atoms with Crippen LogP contribution in [0, 0.1) is 0 Å². The molecule has 0 aliphatic heterocycles. The molecule has 0 bridgehead atoms. The van der Waals surface area contributed by atoms with Gasteiger partial charge in [-0.1, -0.05) is 24.4 Å². The number of ether oxygens (including phenoxy) is 1. The van der Waals surface area contributed by atoms with Gasteiger partial charge in [0, 0.05) is 19.1 Å². The fourth-order valence-corrected chi connectivity index (χ4v) is 3.71. The van der Waals surface area contributed by atoms with E-state index in [2.05, 4.69) is 10.1 Å². The zero-order valence-electron chi connectivity index (χ0n) is 12.4. The topological polar surface area (TPSA) is 74.2 Å². The highest BCUT2D eigenvalue weighted by Gasteiger charge is 2.40. The minimum absolute atomic E-state index is 0.155. The van der Waals surface area contributed by atoms with Crippen LogP contribution < -0.4 is 5.73 Å². The number of aromatic nitrogens is 2. The van der Waals surface area contributed by atoms with Crippen LogP contribution in [0.3, 0.4) is 0 Å². The normalized spacial score (nSPS) is 24.9. The van der Waals surface area contributed by atoms with Crippen molar-refractivity contribution >= 4 is 0 Å². The first-order chi connectivity index (χ1) is 9.66. The molecule has 2 aliphatic carbocycles. The van der Waals surface area contributed by atoms with Crippen molar-refractivity contribution in [2.75, 3.05) is 7.11 Å². The number of nitrogens with two attached hydrogens (primary N) is 1. The van der Waals surface area contributed by atoms with Gasteiger partial charge in [-0.2, -0.15) is 4.98 Å². The van der Waals surface area contributed by atoms with E-state index in [1.807, 2.05) is 0 Å². The van der Waals surface area contributed by atoms with Crippen molar-refractivity contribution in [1.29, 1.82) is 0 Å². The molecule has 20 heavy (non-hydrogen) atoms. The molecular formula is C15H25N3O2. The summed E-state index contributed by atoms with van der Waals surface area (Å²) in [6, 6.07) is 0. The summed E-state index contributed by atoms with van der Waals surface area (Å²) in [7, 11) is 1.74. The lowest BCUT2D eigenvalue weighted by Gasteiger charge is -2.32. The monoisotopic (exact) mass is 279 g/mol. The first kappa shape index (κ1) is 14.0. The number of hydrogen-bond acceptors (Lipinski definition) is 5. The van der Waals surface area contributed by atoms with Crippen LogP contribution in [0.5, 0.6) is 0 Å². The van der Waals surface area contributed by atoms with E-state index in [0.717, 1.165) is 25.7 Å². The molecule has 0 radical (unpaired) electrons. The van der Waals surface area contributed by atoms with Gasteiger partial charge in [0.1, 0.15) is 5.60 Å². The van der Waals surface area contributed by atoms with Crippen molar-refractivity contribution in [2.24, 2.45) is 5.73 Å². The highest BCUT2D eigenvalue weighted by atomic mass is 16.5. The molecule has 3 rings (SSSR count). The van der Waals surface area contributed by atoms with E-state index in [0.29, 0.717) is 18.1 Å². The summed E-state index contributed by atoms with van der Waals surface area (Å²) in [6.07, 6.45) is 10.8. The lowest BCUT2D eigenvalue weighted by molar-refractivity contribution is -0.0178. The Morgan fingerprint density at radius 2 is 1.75 bits per heavy atom. The predicted molar refractivity (Wildman–Crippen MR) is 75.2 cm³/mol. The van der Waals surface area contributed by atoms with E-state index < -0.39 is 0 Å². The average Bonchev–Trinajstić information content (AvgIpc) is 3.08. The van der Waals surface area contributed by atoms with Crippen LogP contribution in [0.2, 0.25) is 0 Å². The third-order valence-electron chi connectivity index (χ3n) is 5.03. The number of methoxy groups -OCH3 is 1. The van der Waals surface area contributed by atoms with E-state index in [-0.39, 0.29) is 11.1 Å². The Labute approximate surface area is 120 Å². The van der Waals surface area contributed by atoms with Gasteiger partial charge in [0.15, 0.2) is 0 Å². The van der Waals surface area contributed by atoms with E-state index in [9.17, 15) is 0 Å². The van der Waals surface area contributed by atoms with E-state index in [1.165, 1.54) is 32.1 Å². The van der Waals surface area contributed by atoms with Crippen molar-refractivity contribution in [3.05, 3.63) is 11.7 Å². The summed E-state index contributed by atoms with van der Waals surface area (Å²) >= 11 is 0. The quantitative estimate of drug-likeness (QED) is 0.917. The lowest BCUT2D eigenvalue weighted by atomic mass is 9.80. The number of rotatable bonds is 4. The fourth-order valence-electron chi connectivity index (χ4n) is 3.71. The van der Waals surface area contributed by atoms with E-state index in [1.54, 1.807) is 7.11 Å². The molecule has 0 atom stereocenters. The third-order valence-corrected chi connectivity index (χ3v) is 5.03. The lowest BCUT2D eigenvalue weighted by Crippen LogP contribution is -2.43. The third kappa shape index (κ3) is 2.61. The number of nitrogens with zero attached hydrogens (tertiary/aromatic N) is 2. The van der Waals surface area contributed by atoms with Crippen LogP contribution in [0.25, 0.3) is 0 Å². The fraction of sp³-hybridized carbons (Fsp3) is 0.867. The zero-order valence-corrected chi connectivity index (χ0v) is 12.4. The molecule has 1 aromatic rings. The molecule has 1 heterocycles. The minimum Gasteiger partial charge on any atom is -0.370 e. The summed E-state index contributed by atoms with van der Waals surface area (Å²) in [6.45, 7) is 0. The Morgan fingerprint density at radius 3 is 2.40 bits per heavy atom. The van der Waals surface area contributed by atoms with Crippen molar-refractivity contribution < 1.29 is 9.26 Å². The Balaban J connectivity index is 1.73. The summed E-state index contributed by atoms with van der Waals surface area (Å²) in [5, 5.41) is 4.17. The maximum Gasteiger partial charge on any atom is 0.228 e. The van der Waals surface area contributed by atoms with E-state index in [4.69, 9.17) is 15.0 Å². The Morgan fingerprint density at radius 1 is 1.10 bits per heavy atom. The van der Waals surface area contributed by atoms with Gasteiger partial charge in [-0.05, 0) is 38.5 Å². The molecule has 0 spiro atoms. The maximum atomic E-state index is 6.46. The van der Waals surface area contributed by atoms with Crippen molar-refractivity contribution in [2.45, 2.75) is 75.3 Å². The first-order valence-electron chi connectivity index (χ1n) is 7.83. The van der Waals surface area contributed by atoms with Gasteiger partial charge in [0.05, 0.1) is 0 Å². The van der Waals surface area contributed by atoms with Crippen LogP contribution in [0.4, 0.5) is 0 Å². The van der Waals surface area contributed by atoms with Crippen LogP contribution in [0.1, 0.15) is 69.5 Å². The molecule has 5 nitrogen and oxygen atoms in total. The Hall–Kier alpha value is -0.940. The largest absolute Gasteiger partial charge is 0.370 e. The minimum atomic E-state index is -0.323. The summed E-state index contributed by atoms with van der Waals surface area (Å²) in [4.78, 5) is 4.59. The molecule has 0 unspecified atom stereocenters. The van der Waals surface area contributed by atoms with Gasteiger partial charge in [0.25, 0.3) is 0 Å². The molecular weight excluding hydrogens is 254 g/mol. The molecule has 2 saturated carbocycles. The smallest absolute Gasteiger partial charge is 0.228 e. The van der Waals surface area contributed by atoms with Gasteiger partial charge in [0.2, 0.25) is 11.7 Å². The van der Waals surface area contributed by atoms with Crippen molar-refractivity contribution in [1.82, 2.24) is 10.1 Å². The highest BCUT2D eigenvalue weighted by molar-refractivity contribution is 5.06. The Bertz CT molecular complexity index is 446. The van der Waals surface area contributed by atoms with Crippen LogP contribution in [0.15, 0.2) is 4.52 Å². The first-order valence-corrected chi connectivity index (χ1v) is 7.83. The second-order valence-corrected chi connectivity index (χ2v) is 6.52. The summed E-state index contributed by atoms with van der Waals surface area (Å²) in [5.41, 5.74) is 5.98. The molecule has 2 fully saturated rings. The maximum absolute atomic E-state index is 6.46. The summed E-state index contributed by atoms with van der Waals surface area (Å²) < 4.78 is 11.1. The molecule has 1 aromatic heterocycles. The van der Waals surface area contributed by atoms with Gasteiger partial charge >= 0.3 is 0 Å². The van der Waals surface area contributed by atoms with Gasteiger partial charge < -0.3 is 15.0 Å². The van der Waals surface area contributed by atoms with Crippen molar-refractivity contribution in [3.63, 3.8) is 0 Å².